The fourth-order valence-electron chi connectivity index (χ4n) is 1.88. The second-order valence-electron chi connectivity index (χ2n) is 4.70. The summed E-state index contributed by atoms with van der Waals surface area (Å²) in [5.74, 6) is 0.0192. The average Bonchev–Trinajstić information content (AvgIpc) is 3.18. The summed E-state index contributed by atoms with van der Waals surface area (Å²) in [4.78, 5) is 0. The third-order valence-corrected chi connectivity index (χ3v) is 3.12. The summed E-state index contributed by atoms with van der Waals surface area (Å²) in [5, 5.41) is 6.79. The molecule has 0 bridgehead atoms. The minimum absolute atomic E-state index is 0.287. The number of halogens is 1. The van der Waals surface area contributed by atoms with Crippen molar-refractivity contribution in [3.8, 4) is 5.75 Å². The van der Waals surface area contributed by atoms with Gasteiger partial charge in [-0.15, -0.1) is 0 Å². The molecule has 0 atom stereocenters. The van der Waals surface area contributed by atoms with Gasteiger partial charge < -0.3 is 15.4 Å². The molecule has 0 unspecified atom stereocenters. The summed E-state index contributed by atoms with van der Waals surface area (Å²) in [7, 11) is 1.48. The standard InChI is InChI=1S/C14H21FN2O/c1-18-14-5-2-11(10-13(14)15)6-7-16-8-9-17-12-3-4-12/h2,5,10,12,16-17H,3-4,6-9H2,1H3. The lowest BCUT2D eigenvalue weighted by Gasteiger charge is -2.07. The van der Waals surface area contributed by atoms with Crippen LogP contribution in [-0.2, 0) is 6.42 Å². The molecule has 0 aromatic heterocycles. The van der Waals surface area contributed by atoms with Crippen LogP contribution in [0.25, 0.3) is 0 Å². The molecule has 18 heavy (non-hydrogen) atoms. The van der Waals surface area contributed by atoms with Crippen LogP contribution in [-0.4, -0.2) is 32.8 Å². The van der Waals surface area contributed by atoms with Gasteiger partial charge in [0.1, 0.15) is 0 Å². The molecule has 1 saturated carbocycles. The molecule has 4 heteroatoms. The van der Waals surface area contributed by atoms with Crippen LogP contribution in [0, 0.1) is 5.82 Å². The van der Waals surface area contributed by atoms with Crippen molar-refractivity contribution in [3.05, 3.63) is 29.6 Å². The fourth-order valence-corrected chi connectivity index (χ4v) is 1.88. The van der Waals surface area contributed by atoms with Gasteiger partial charge >= 0.3 is 0 Å². The summed E-state index contributed by atoms with van der Waals surface area (Å²) in [5.41, 5.74) is 0.996. The Hall–Kier alpha value is -1.13. The molecule has 0 spiro atoms. The summed E-state index contributed by atoms with van der Waals surface area (Å²) >= 11 is 0. The molecule has 100 valence electrons. The van der Waals surface area contributed by atoms with E-state index in [4.69, 9.17) is 4.74 Å². The van der Waals surface area contributed by atoms with E-state index in [-0.39, 0.29) is 5.82 Å². The Labute approximate surface area is 108 Å². The van der Waals surface area contributed by atoms with Gasteiger partial charge in [-0.05, 0) is 43.5 Å². The normalized spacial score (nSPS) is 14.8. The van der Waals surface area contributed by atoms with Crippen molar-refractivity contribution in [1.82, 2.24) is 10.6 Å². The molecule has 1 aliphatic rings. The number of rotatable bonds is 8. The largest absolute Gasteiger partial charge is 0.494 e. The van der Waals surface area contributed by atoms with E-state index in [0.29, 0.717) is 5.75 Å². The topological polar surface area (TPSA) is 33.3 Å². The number of hydrogen-bond acceptors (Lipinski definition) is 3. The van der Waals surface area contributed by atoms with E-state index in [2.05, 4.69) is 10.6 Å². The van der Waals surface area contributed by atoms with Crippen molar-refractivity contribution in [2.24, 2.45) is 0 Å². The van der Waals surface area contributed by atoms with E-state index in [0.717, 1.165) is 37.7 Å². The van der Waals surface area contributed by atoms with Crippen LogP contribution in [0.5, 0.6) is 5.75 Å². The molecule has 0 saturated heterocycles. The first-order chi connectivity index (χ1) is 8.79. The molecule has 0 radical (unpaired) electrons. The number of benzene rings is 1. The van der Waals surface area contributed by atoms with E-state index in [9.17, 15) is 4.39 Å². The molecule has 0 aliphatic heterocycles. The monoisotopic (exact) mass is 252 g/mol. The summed E-state index contributed by atoms with van der Waals surface area (Å²) in [6.45, 7) is 2.86. The Kier molecular flexibility index (Phi) is 4.96. The van der Waals surface area contributed by atoms with Gasteiger partial charge in [-0.1, -0.05) is 6.07 Å². The third kappa shape index (κ3) is 4.27. The molecular weight excluding hydrogens is 231 g/mol. The molecule has 1 aliphatic carbocycles. The minimum atomic E-state index is -0.287. The predicted octanol–water partition coefficient (Wildman–Crippen LogP) is 1.72. The molecular formula is C14H21FN2O. The van der Waals surface area contributed by atoms with Crippen LogP contribution in [0.4, 0.5) is 4.39 Å². The second kappa shape index (κ2) is 6.71. The SMILES string of the molecule is COc1ccc(CCNCCNC2CC2)cc1F. The zero-order valence-corrected chi connectivity index (χ0v) is 10.8. The molecule has 1 aromatic rings. The minimum Gasteiger partial charge on any atom is -0.494 e. The van der Waals surface area contributed by atoms with Crippen LogP contribution in [0.3, 0.4) is 0 Å². The van der Waals surface area contributed by atoms with Gasteiger partial charge in [0.15, 0.2) is 11.6 Å². The maximum atomic E-state index is 13.4. The smallest absolute Gasteiger partial charge is 0.165 e. The first-order valence-corrected chi connectivity index (χ1v) is 6.56. The van der Waals surface area contributed by atoms with Crippen molar-refractivity contribution >= 4 is 0 Å². The lowest BCUT2D eigenvalue weighted by Crippen LogP contribution is -2.29. The highest BCUT2D eigenvalue weighted by molar-refractivity contribution is 5.29. The number of ether oxygens (including phenoxy) is 1. The van der Waals surface area contributed by atoms with Crippen LogP contribution >= 0.6 is 0 Å². The average molecular weight is 252 g/mol. The summed E-state index contributed by atoms with van der Waals surface area (Å²) in [6, 6.07) is 5.90. The third-order valence-electron chi connectivity index (χ3n) is 3.12. The predicted molar refractivity (Wildman–Crippen MR) is 70.6 cm³/mol. The summed E-state index contributed by atoms with van der Waals surface area (Å²) in [6.07, 6.45) is 3.49. The lowest BCUT2D eigenvalue weighted by atomic mass is 10.1. The van der Waals surface area contributed by atoms with Crippen molar-refractivity contribution in [3.63, 3.8) is 0 Å². The zero-order valence-electron chi connectivity index (χ0n) is 10.8. The van der Waals surface area contributed by atoms with Gasteiger partial charge in [0.25, 0.3) is 0 Å². The van der Waals surface area contributed by atoms with Crippen LogP contribution in [0.2, 0.25) is 0 Å². The maximum absolute atomic E-state index is 13.4. The van der Waals surface area contributed by atoms with E-state index in [1.54, 1.807) is 12.1 Å². The van der Waals surface area contributed by atoms with Crippen LogP contribution < -0.4 is 15.4 Å². The highest BCUT2D eigenvalue weighted by Crippen LogP contribution is 2.18. The van der Waals surface area contributed by atoms with E-state index in [1.807, 2.05) is 6.07 Å². The van der Waals surface area contributed by atoms with Gasteiger partial charge in [-0.25, -0.2) is 4.39 Å². The van der Waals surface area contributed by atoms with Crippen molar-refractivity contribution in [2.75, 3.05) is 26.7 Å². The lowest BCUT2D eigenvalue weighted by molar-refractivity contribution is 0.386. The zero-order chi connectivity index (χ0) is 12.8. The van der Waals surface area contributed by atoms with Crippen LogP contribution in [0.15, 0.2) is 18.2 Å². The van der Waals surface area contributed by atoms with Gasteiger partial charge in [0.2, 0.25) is 0 Å². The highest BCUT2D eigenvalue weighted by Gasteiger charge is 2.19. The second-order valence-corrected chi connectivity index (χ2v) is 4.70. The summed E-state index contributed by atoms with van der Waals surface area (Å²) < 4.78 is 18.3. The van der Waals surface area contributed by atoms with Crippen molar-refractivity contribution in [1.29, 1.82) is 0 Å². The molecule has 1 fully saturated rings. The highest BCUT2D eigenvalue weighted by atomic mass is 19.1. The first-order valence-electron chi connectivity index (χ1n) is 6.56. The number of nitrogens with one attached hydrogen (secondary N) is 2. The molecule has 0 heterocycles. The van der Waals surface area contributed by atoms with Crippen molar-refractivity contribution in [2.45, 2.75) is 25.3 Å². The Morgan fingerprint density at radius 3 is 2.78 bits per heavy atom. The Bertz CT molecular complexity index is 380. The Morgan fingerprint density at radius 1 is 1.28 bits per heavy atom. The number of hydrogen-bond donors (Lipinski definition) is 2. The Morgan fingerprint density at radius 2 is 2.11 bits per heavy atom. The van der Waals surface area contributed by atoms with Crippen molar-refractivity contribution < 1.29 is 9.13 Å². The molecule has 3 nitrogen and oxygen atoms in total. The maximum Gasteiger partial charge on any atom is 0.165 e. The Balaban J connectivity index is 1.61. The van der Waals surface area contributed by atoms with Gasteiger partial charge in [-0.3, -0.25) is 0 Å². The van der Waals surface area contributed by atoms with Crippen LogP contribution in [0.1, 0.15) is 18.4 Å². The molecule has 1 aromatic carbocycles. The van der Waals surface area contributed by atoms with Gasteiger partial charge in [0.05, 0.1) is 7.11 Å². The van der Waals surface area contributed by atoms with E-state index >= 15 is 0 Å². The van der Waals surface area contributed by atoms with E-state index in [1.165, 1.54) is 20.0 Å². The molecule has 2 rings (SSSR count). The molecule has 2 N–H and O–H groups in total. The van der Waals surface area contributed by atoms with Gasteiger partial charge in [0, 0.05) is 19.1 Å². The van der Waals surface area contributed by atoms with Gasteiger partial charge in [-0.2, -0.15) is 0 Å². The number of methoxy groups -OCH3 is 1. The fraction of sp³-hybridized carbons (Fsp3) is 0.571. The quantitative estimate of drug-likeness (QED) is 0.691. The van der Waals surface area contributed by atoms with E-state index < -0.39 is 0 Å². The first kappa shape index (κ1) is 13.3. The molecule has 0 amide bonds.